The fraction of sp³-hybridized carbons (Fsp3) is 0.520. The molecule has 1 saturated heterocycles. The summed E-state index contributed by atoms with van der Waals surface area (Å²) in [5.74, 6) is 0.795. The van der Waals surface area contributed by atoms with Gasteiger partial charge in [-0.05, 0) is 31.9 Å². The van der Waals surface area contributed by atoms with Crippen molar-refractivity contribution in [3.63, 3.8) is 0 Å². The zero-order valence-corrected chi connectivity index (χ0v) is 19.8. The minimum atomic E-state index is -0.101. The number of carbonyl (C=O) groups is 2. The second-order valence-corrected chi connectivity index (χ2v) is 8.78. The second-order valence-electron chi connectivity index (χ2n) is 8.78. The Hall–Kier alpha value is -2.96. The van der Waals surface area contributed by atoms with Crippen molar-refractivity contribution in [3.05, 3.63) is 42.0 Å². The third-order valence-electron chi connectivity index (χ3n) is 5.80. The van der Waals surface area contributed by atoms with Crippen molar-refractivity contribution in [2.75, 3.05) is 44.2 Å². The molecule has 3 rings (SSSR count). The van der Waals surface area contributed by atoms with E-state index in [-0.39, 0.29) is 24.3 Å². The van der Waals surface area contributed by atoms with Gasteiger partial charge in [-0.15, -0.1) is 10.2 Å². The van der Waals surface area contributed by atoms with E-state index >= 15 is 0 Å². The van der Waals surface area contributed by atoms with Crippen LogP contribution in [-0.2, 0) is 9.59 Å². The summed E-state index contributed by atoms with van der Waals surface area (Å²) >= 11 is 0. The molecule has 0 atom stereocenters. The van der Waals surface area contributed by atoms with Crippen molar-refractivity contribution in [2.45, 2.75) is 40.5 Å². The maximum atomic E-state index is 12.9. The zero-order chi connectivity index (χ0) is 23.1. The SMILES string of the molecule is CCCN(CC(=O)N1CCCN(c2ccc(-c3ccc(C)cc3)nn2)CC1)C(=O)C(C)C. The van der Waals surface area contributed by atoms with Crippen LogP contribution in [0.2, 0.25) is 0 Å². The van der Waals surface area contributed by atoms with Crippen LogP contribution in [-0.4, -0.2) is 71.1 Å². The summed E-state index contributed by atoms with van der Waals surface area (Å²) in [6, 6.07) is 12.3. The molecule has 0 unspecified atom stereocenters. The minimum Gasteiger partial charge on any atom is -0.353 e. The summed E-state index contributed by atoms with van der Waals surface area (Å²) in [6.07, 6.45) is 1.70. The predicted molar refractivity (Wildman–Crippen MR) is 127 cm³/mol. The highest BCUT2D eigenvalue weighted by Crippen LogP contribution is 2.20. The number of hydrogen-bond acceptors (Lipinski definition) is 5. The molecule has 0 spiro atoms. The van der Waals surface area contributed by atoms with Crippen LogP contribution in [0.3, 0.4) is 0 Å². The molecule has 2 aromatic rings. The van der Waals surface area contributed by atoms with Gasteiger partial charge in [0, 0.05) is 44.2 Å². The van der Waals surface area contributed by atoms with Gasteiger partial charge >= 0.3 is 0 Å². The third kappa shape index (κ3) is 6.05. The highest BCUT2D eigenvalue weighted by Gasteiger charge is 2.24. The number of nitrogens with zero attached hydrogens (tertiary/aromatic N) is 5. The Labute approximate surface area is 191 Å². The van der Waals surface area contributed by atoms with Crippen molar-refractivity contribution in [1.29, 1.82) is 0 Å². The number of carbonyl (C=O) groups excluding carboxylic acids is 2. The molecule has 1 aliphatic rings. The van der Waals surface area contributed by atoms with E-state index in [2.05, 4.69) is 46.3 Å². The summed E-state index contributed by atoms with van der Waals surface area (Å²) in [6.45, 7) is 11.5. The van der Waals surface area contributed by atoms with Gasteiger partial charge in [-0.2, -0.15) is 0 Å². The van der Waals surface area contributed by atoms with E-state index in [0.29, 0.717) is 26.2 Å². The van der Waals surface area contributed by atoms with Gasteiger partial charge < -0.3 is 14.7 Å². The summed E-state index contributed by atoms with van der Waals surface area (Å²) < 4.78 is 0. The van der Waals surface area contributed by atoms with Crippen molar-refractivity contribution >= 4 is 17.6 Å². The Morgan fingerprint density at radius 3 is 2.38 bits per heavy atom. The van der Waals surface area contributed by atoms with Crippen LogP contribution >= 0.6 is 0 Å². The predicted octanol–water partition coefficient (Wildman–Crippen LogP) is 3.39. The van der Waals surface area contributed by atoms with Crippen LogP contribution in [0.4, 0.5) is 5.82 Å². The van der Waals surface area contributed by atoms with Gasteiger partial charge in [0.1, 0.15) is 0 Å². The third-order valence-corrected chi connectivity index (χ3v) is 5.80. The molecule has 0 saturated carbocycles. The normalized spacial score (nSPS) is 14.4. The van der Waals surface area contributed by atoms with Gasteiger partial charge in [0.15, 0.2) is 5.82 Å². The lowest BCUT2D eigenvalue weighted by Gasteiger charge is -2.28. The van der Waals surface area contributed by atoms with Gasteiger partial charge in [-0.1, -0.05) is 50.6 Å². The van der Waals surface area contributed by atoms with Crippen LogP contribution in [0.1, 0.15) is 39.2 Å². The van der Waals surface area contributed by atoms with E-state index < -0.39 is 0 Å². The van der Waals surface area contributed by atoms with E-state index in [4.69, 9.17) is 0 Å². The van der Waals surface area contributed by atoms with Gasteiger partial charge in [-0.25, -0.2) is 0 Å². The van der Waals surface area contributed by atoms with E-state index in [1.54, 1.807) is 4.90 Å². The molecule has 172 valence electrons. The minimum absolute atomic E-state index is 0.0232. The highest BCUT2D eigenvalue weighted by atomic mass is 16.2. The van der Waals surface area contributed by atoms with Crippen LogP contribution in [0.5, 0.6) is 0 Å². The van der Waals surface area contributed by atoms with Gasteiger partial charge in [0.05, 0.1) is 12.2 Å². The first-order valence-corrected chi connectivity index (χ1v) is 11.6. The lowest BCUT2D eigenvalue weighted by Crippen LogP contribution is -2.45. The molecule has 1 fully saturated rings. The second kappa shape index (κ2) is 11.1. The Bertz CT molecular complexity index is 896. The molecule has 2 heterocycles. The molecule has 1 aromatic heterocycles. The van der Waals surface area contributed by atoms with Crippen LogP contribution in [0.15, 0.2) is 36.4 Å². The average Bonchev–Trinajstić information content (AvgIpc) is 3.05. The first kappa shape index (κ1) is 23.7. The molecular formula is C25H35N5O2. The van der Waals surface area contributed by atoms with E-state index in [9.17, 15) is 9.59 Å². The molecular weight excluding hydrogens is 402 g/mol. The molecule has 0 bridgehead atoms. The Kier molecular flexibility index (Phi) is 8.20. The molecule has 1 aromatic carbocycles. The summed E-state index contributed by atoms with van der Waals surface area (Å²) in [4.78, 5) is 31.1. The van der Waals surface area contributed by atoms with E-state index in [0.717, 1.165) is 36.5 Å². The lowest BCUT2D eigenvalue weighted by molar-refractivity contribution is -0.142. The van der Waals surface area contributed by atoms with Gasteiger partial charge in [-0.3, -0.25) is 9.59 Å². The maximum absolute atomic E-state index is 12.9. The largest absolute Gasteiger partial charge is 0.353 e. The smallest absolute Gasteiger partial charge is 0.242 e. The number of rotatable bonds is 7. The molecule has 0 N–H and O–H groups in total. The standard InChI is InChI=1S/C25H35N5O2/c1-5-13-30(25(32)19(2)3)18-24(31)29-15-6-14-28(16-17-29)23-12-11-22(26-27-23)21-9-7-20(4)8-10-21/h7-12,19H,5-6,13-18H2,1-4H3. The van der Waals surface area contributed by atoms with Crippen LogP contribution < -0.4 is 4.90 Å². The summed E-state index contributed by atoms with van der Waals surface area (Å²) in [7, 11) is 0. The zero-order valence-electron chi connectivity index (χ0n) is 19.8. The van der Waals surface area contributed by atoms with Gasteiger partial charge in [0.2, 0.25) is 11.8 Å². The fourth-order valence-corrected chi connectivity index (χ4v) is 3.93. The Morgan fingerprint density at radius 1 is 1.00 bits per heavy atom. The Morgan fingerprint density at radius 2 is 1.75 bits per heavy atom. The highest BCUT2D eigenvalue weighted by molar-refractivity contribution is 5.85. The number of aryl methyl sites for hydroxylation is 1. The lowest BCUT2D eigenvalue weighted by atomic mass is 10.1. The van der Waals surface area contributed by atoms with E-state index in [1.165, 1.54) is 5.56 Å². The summed E-state index contributed by atoms with van der Waals surface area (Å²) in [5.41, 5.74) is 3.12. The number of aromatic nitrogens is 2. The van der Waals surface area contributed by atoms with Crippen LogP contribution in [0, 0.1) is 12.8 Å². The molecule has 7 heteroatoms. The number of hydrogen-bond donors (Lipinski definition) is 0. The van der Waals surface area contributed by atoms with Crippen molar-refractivity contribution in [1.82, 2.24) is 20.0 Å². The maximum Gasteiger partial charge on any atom is 0.242 e. The monoisotopic (exact) mass is 437 g/mol. The molecule has 1 aliphatic heterocycles. The fourth-order valence-electron chi connectivity index (χ4n) is 3.93. The van der Waals surface area contributed by atoms with E-state index in [1.807, 2.05) is 37.8 Å². The first-order chi connectivity index (χ1) is 15.4. The van der Waals surface area contributed by atoms with Crippen molar-refractivity contribution in [3.8, 4) is 11.3 Å². The topological polar surface area (TPSA) is 69.6 Å². The Balaban J connectivity index is 1.60. The average molecular weight is 438 g/mol. The molecule has 0 aliphatic carbocycles. The van der Waals surface area contributed by atoms with Crippen molar-refractivity contribution in [2.24, 2.45) is 5.92 Å². The number of amides is 2. The number of benzene rings is 1. The number of anilines is 1. The first-order valence-electron chi connectivity index (χ1n) is 11.6. The summed E-state index contributed by atoms with van der Waals surface area (Å²) in [5, 5.41) is 8.87. The molecule has 7 nitrogen and oxygen atoms in total. The molecule has 2 amide bonds. The molecule has 32 heavy (non-hydrogen) atoms. The van der Waals surface area contributed by atoms with Crippen LogP contribution in [0.25, 0.3) is 11.3 Å². The van der Waals surface area contributed by atoms with Crippen molar-refractivity contribution < 1.29 is 9.59 Å². The molecule has 0 radical (unpaired) electrons. The quantitative estimate of drug-likeness (QED) is 0.664. The van der Waals surface area contributed by atoms with Gasteiger partial charge in [0.25, 0.3) is 0 Å².